The number of carbonyl (C=O) groups is 1. The fourth-order valence-electron chi connectivity index (χ4n) is 4.45. The van der Waals surface area contributed by atoms with E-state index in [1.807, 2.05) is 62.4 Å². The molecule has 1 aromatic heterocycles. The van der Waals surface area contributed by atoms with Crippen molar-refractivity contribution in [2.45, 2.75) is 25.7 Å². The molecule has 0 aliphatic carbocycles. The van der Waals surface area contributed by atoms with E-state index in [0.29, 0.717) is 11.3 Å². The maximum atomic E-state index is 13.3. The van der Waals surface area contributed by atoms with Crippen LogP contribution >= 0.6 is 0 Å². The average Bonchev–Trinajstić information content (AvgIpc) is 2.97. The van der Waals surface area contributed by atoms with Crippen LogP contribution < -0.4 is 11.4 Å². The first-order valence-corrected chi connectivity index (χ1v) is 9.69. The van der Waals surface area contributed by atoms with Crippen molar-refractivity contribution in [3.05, 3.63) is 91.8 Å². The second kappa shape index (κ2) is 5.91. The van der Waals surface area contributed by atoms with Gasteiger partial charge in [-0.1, -0.05) is 59.7 Å². The molecular weight excluding hydrogens is 382 g/mol. The smallest absolute Gasteiger partial charge is 0.308 e. The summed E-state index contributed by atoms with van der Waals surface area (Å²) in [6.45, 7) is 3.96. The summed E-state index contributed by atoms with van der Waals surface area (Å²) in [5.74, 6) is -0.334. The average molecular weight is 403 g/mol. The lowest BCUT2D eigenvalue weighted by Gasteiger charge is -2.51. The zero-order valence-electron chi connectivity index (χ0n) is 17.2. The lowest BCUT2D eigenvalue weighted by molar-refractivity contribution is -0.146. The molecule has 2 atom stereocenters. The molecule has 0 saturated heterocycles. The minimum atomic E-state index is -1.37. The van der Waals surface area contributed by atoms with Crippen molar-refractivity contribution in [1.82, 2.24) is 18.8 Å². The van der Waals surface area contributed by atoms with Gasteiger partial charge in [-0.3, -0.25) is 4.79 Å². The van der Waals surface area contributed by atoms with Gasteiger partial charge in [-0.05, 0) is 13.8 Å². The molecule has 8 nitrogen and oxygen atoms in total. The summed E-state index contributed by atoms with van der Waals surface area (Å²) < 4.78 is 3.59. The third kappa shape index (κ3) is 2.05. The highest BCUT2D eigenvalue weighted by molar-refractivity contribution is 6.12. The van der Waals surface area contributed by atoms with Gasteiger partial charge in [0, 0.05) is 25.2 Å². The van der Waals surface area contributed by atoms with Crippen LogP contribution in [0.1, 0.15) is 28.4 Å². The van der Waals surface area contributed by atoms with Crippen LogP contribution in [-0.2, 0) is 17.5 Å². The largest absolute Gasteiger partial charge is 0.349 e. The Morgan fingerprint density at radius 3 is 2.00 bits per heavy atom. The van der Waals surface area contributed by atoms with E-state index >= 15 is 0 Å². The molecule has 0 N–H and O–H groups in total. The third-order valence-corrected chi connectivity index (χ3v) is 6.10. The zero-order chi connectivity index (χ0) is 21.4. The molecule has 2 aromatic carbocycles. The van der Waals surface area contributed by atoms with Gasteiger partial charge in [-0.2, -0.15) is 9.36 Å². The number of benzene rings is 2. The van der Waals surface area contributed by atoms with E-state index < -0.39 is 23.2 Å². The fourth-order valence-corrected chi connectivity index (χ4v) is 4.45. The van der Waals surface area contributed by atoms with Crippen LogP contribution in [0.2, 0.25) is 0 Å². The van der Waals surface area contributed by atoms with Crippen LogP contribution in [0.5, 0.6) is 0 Å². The summed E-state index contributed by atoms with van der Waals surface area (Å²) in [6.07, 6.45) is -1.11. The van der Waals surface area contributed by atoms with Gasteiger partial charge < -0.3 is 4.90 Å². The zero-order valence-corrected chi connectivity index (χ0v) is 17.2. The first-order chi connectivity index (χ1) is 14.3. The number of aromatic nitrogens is 3. The van der Waals surface area contributed by atoms with E-state index in [0.717, 1.165) is 21.3 Å². The number of aliphatic imine (C=N–C) groups is 1. The molecular formula is C22H21N5O3. The number of fused-ring (bicyclic) bond motifs is 1. The van der Waals surface area contributed by atoms with Gasteiger partial charge in [-0.25, -0.2) is 19.1 Å². The standard InChI is InChI=1S/C22H21N5O3/c1-13-5-9-15(10-6-13)17-22(16-11-7-14(2)8-12-16)25(4)19(28)18(23-17)26-20(29)24(3)21(30)27(22)26/h5-12,18H,1-4H3. The first-order valence-electron chi connectivity index (χ1n) is 9.69. The number of amides is 1. The van der Waals surface area contributed by atoms with Crippen molar-refractivity contribution in [3.63, 3.8) is 0 Å². The number of rotatable bonds is 2. The van der Waals surface area contributed by atoms with Crippen molar-refractivity contribution in [3.8, 4) is 0 Å². The van der Waals surface area contributed by atoms with Crippen LogP contribution in [0.25, 0.3) is 0 Å². The van der Waals surface area contributed by atoms with E-state index in [-0.39, 0.29) is 5.91 Å². The predicted octanol–water partition coefficient (Wildman–Crippen LogP) is 1.14. The molecule has 8 heteroatoms. The SMILES string of the molecule is Cc1ccc(C2=NC3C(=O)N(C)C2(c2ccc(C)cc2)n2c(=O)n(C)c(=O)n23)cc1. The normalized spacial score (nSPS) is 22.3. The summed E-state index contributed by atoms with van der Waals surface area (Å²) >= 11 is 0. The third-order valence-electron chi connectivity index (χ3n) is 6.10. The molecule has 3 aliphatic rings. The maximum absolute atomic E-state index is 13.3. The number of hydrogen-bond donors (Lipinski definition) is 0. The highest BCUT2D eigenvalue weighted by atomic mass is 16.2. The molecule has 1 amide bonds. The highest BCUT2D eigenvalue weighted by Crippen LogP contribution is 2.42. The molecule has 3 aromatic rings. The van der Waals surface area contributed by atoms with Gasteiger partial charge >= 0.3 is 11.4 Å². The molecule has 6 rings (SSSR count). The second-order valence-electron chi connectivity index (χ2n) is 7.93. The number of nitrogens with zero attached hydrogens (tertiary/aromatic N) is 5. The molecule has 152 valence electrons. The van der Waals surface area contributed by atoms with Crippen LogP contribution in [0.3, 0.4) is 0 Å². The number of hydrogen-bond acceptors (Lipinski definition) is 4. The van der Waals surface area contributed by atoms with E-state index in [1.54, 1.807) is 7.05 Å². The predicted molar refractivity (Wildman–Crippen MR) is 112 cm³/mol. The Kier molecular flexibility index (Phi) is 3.62. The molecule has 30 heavy (non-hydrogen) atoms. The van der Waals surface area contributed by atoms with Crippen LogP contribution in [0.15, 0.2) is 63.1 Å². The summed E-state index contributed by atoms with van der Waals surface area (Å²) in [5, 5.41) is 0. The van der Waals surface area contributed by atoms with Gasteiger partial charge in [0.15, 0.2) is 0 Å². The quantitative estimate of drug-likeness (QED) is 0.644. The van der Waals surface area contributed by atoms with Crippen molar-refractivity contribution in [1.29, 1.82) is 0 Å². The maximum Gasteiger partial charge on any atom is 0.349 e. The molecule has 4 heterocycles. The van der Waals surface area contributed by atoms with Crippen LogP contribution in [-0.4, -0.2) is 37.5 Å². The molecule has 0 saturated carbocycles. The van der Waals surface area contributed by atoms with Crippen molar-refractivity contribution in [2.75, 3.05) is 7.05 Å². The van der Waals surface area contributed by atoms with Gasteiger partial charge in [0.1, 0.15) is 0 Å². The topological polar surface area (TPSA) is 81.6 Å². The van der Waals surface area contributed by atoms with Crippen molar-refractivity contribution in [2.24, 2.45) is 12.0 Å². The van der Waals surface area contributed by atoms with Gasteiger partial charge in [0.2, 0.25) is 11.8 Å². The van der Waals surface area contributed by atoms with Crippen molar-refractivity contribution < 1.29 is 4.79 Å². The first kappa shape index (κ1) is 18.4. The summed E-state index contributed by atoms with van der Waals surface area (Å²) in [7, 11) is 3.08. The Balaban J connectivity index is 1.95. The lowest BCUT2D eigenvalue weighted by atomic mass is 9.84. The summed E-state index contributed by atoms with van der Waals surface area (Å²) in [5.41, 5.74) is 1.74. The Hall–Kier alpha value is -3.68. The molecule has 0 spiro atoms. The highest BCUT2D eigenvalue weighted by Gasteiger charge is 2.59. The summed E-state index contributed by atoms with van der Waals surface area (Å²) in [6, 6.07) is 15.4. The fraction of sp³-hybridized carbons (Fsp3) is 0.273. The Labute approximate surface area is 172 Å². The lowest BCUT2D eigenvalue weighted by Crippen LogP contribution is -2.70. The molecule has 3 aliphatic heterocycles. The Morgan fingerprint density at radius 1 is 0.833 bits per heavy atom. The molecule has 0 fully saturated rings. The molecule has 2 unspecified atom stereocenters. The Bertz CT molecular complexity index is 1340. The minimum Gasteiger partial charge on any atom is -0.308 e. The van der Waals surface area contributed by atoms with Gasteiger partial charge in [-0.15, -0.1) is 0 Å². The number of aryl methyl sites for hydroxylation is 2. The van der Waals surface area contributed by atoms with Gasteiger partial charge in [0.25, 0.3) is 5.91 Å². The van der Waals surface area contributed by atoms with E-state index in [1.165, 1.54) is 21.3 Å². The van der Waals surface area contributed by atoms with Crippen molar-refractivity contribution >= 4 is 11.6 Å². The van der Waals surface area contributed by atoms with E-state index in [4.69, 9.17) is 4.99 Å². The number of likely N-dealkylation sites (N-methyl/N-ethyl adjacent to an activating group) is 1. The molecule has 2 bridgehead atoms. The Morgan fingerprint density at radius 2 is 1.40 bits per heavy atom. The minimum absolute atomic E-state index is 0.334. The van der Waals surface area contributed by atoms with Crippen LogP contribution in [0.4, 0.5) is 0 Å². The van der Waals surface area contributed by atoms with E-state index in [2.05, 4.69) is 0 Å². The second-order valence-corrected chi connectivity index (χ2v) is 7.93. The van der Waals surface area contributed by atoms with E-state index in [9.17, 15) is 14.4 Å². The van der Waals surface area contributed by atoms with Gasteiger partial charge in [0.05, 0.1) is 5.71 Å². The van der Waals surface area contributed by atoms with Crippen LogP contribution in [0, 0.1) is 13.8 Å². The molecule has 0 radical (unpaired) electrons. The summed E-state index contributed by atoms with van der Waals surface area (Å²) in [4.78, 5) is 45.6. The number of carbonyl (C=O) groups excluding carboxylic acids is 1. The monoisotopic (exact) mass is 403 g/mol.